The fourth-order valence-electron chi connectivity index (χ4n) is 4.30. The van der Waals surface area contributed by atoms with Crippen LogP contribution in [0.1, 0.15) is 33.5 Å². The molecule has 1 aliphatic rings. The highest BCUT2D eigenvalue weighted by molar-refractivity contribution is 5.69. The van der Waals surface area contributed by atoms with Crippen molar-refractivity contribution in [2.45, 2.75) is 33.9 Å². The van der Waals surface area contributed by atoms with Gasteiger partial charge in [0, 0.05) is 60.9 Å². The van der Waals surface area contributed by atoms with E-state index in [-0.39, 0.29) is 0 Å². The van der Waals surface area contributed by atoms with E-state index in [1.54, 1.807) is 0 Å². The molecule has 0 radical (unpaired) electrons. The second-order valence-corrected chi connectivity index (χ2v) is 8.58. The molecule has 0 N–H and O–H groups in total. The van der Waals surface area contributed by atoms with Crippen LogP contribution in [0.3, 0.4) is 0 Å². The van der Waals surface area contributed by atoms with Gasteiger partial charge >= 0.3 is 0 Å². The molecular weight excluding hydrogens is 392 g/mol. The summed E-state index contributed by atoms with van der Waals surface area (Å²) in [5.41, 5.74) is 11.7. The molecule has 0 aliphatic carbocycles. The third kappa shape index (κ3) is 4.17. The molecule has 5 rings (SSSR count). The number of hydrogen-bond donors (Lipinski definition) is 0. The summed E-state index contributed by atoms with van der Waals surface area (Å²) < 4.78 is 0. The van der Waals surface area contributed by atoms with Crippen molar-refractivity contribution in [2.24, 2.45) is 0 Å². The number of pyridine rings is 3. The van der Waals surface area contributed by atoms with E-state index in [1.807, 2.05) is 37.8 Å². The fourth-order valence-corrected chi connectivity index (χ4v) is 4.30. The van der Waals surface area contributed by atoms with Gasteiger partial charge in [-0.3, -0.25) is 15.0 Å². The van der Waals surface area contributed by atoms with Gasteiger partial charge in [0.1, 0.15) is 0 Å². The van der Waals surface area contributed by atoms with Gasteiger partial charge in [0.2, 0.25) is 0 Å². The summed E-state index contributed by atoms with van der Waals surface area (Å²) in [5.74, 6) is 0. The smallest absolute Gasteiger partial charge is 0.0732 e. The number of benzene rings is 1. The summed E-state index contributed by atoms with van der Waals surface area (Å²) in [6.07, 6.45) is 12.1. The van der Waals surface area contributed by atoms with Gasteiger partial charge in [-0.1, -0.05) is 18.2 Å². The van der Waals surface area contributed by atoms with E-state index >= 15 is 0 Å². The van der Waals surface area contributed by atoms with Crippen LogP contribution in [0.2, 0.25) is 0 Å². The Bertz CT molecular complexity index is 1320. The molecule has 0 saturated heterocycles. The van der Waals surface area contributed by atoms with Crippen molar-refractivity contribution in [3.05, 3.63) is 107 Å². The Labute approximate surface area is 189 Å². The third-order valence-electron chi connectivity index (χ3n) is 5.88. The summed E-state index contributed by atoms with van der Waals surface area (Å²) in [5, 5.41) is 0. The first-order valence-electron chi connectivity index (χ1n) is 10.9. The molecule has 0 amide bonds. The Kier molecular flexibility index (Phi) is 5.28. The number of aromatic nitrogens is 3. The Morgan fingerprint density at radius 2 is 1.75 bits per heavy atom. The zero-order chi connectivity index (χ0) is 22.1. The normalized spacial score (nSPS) is 12.7. The Morgan fingerprint density at radius 1 is 0.844 bits per heavy atom. The molecule has 158 valence electrons. The quantitative estimate of drug-likeness (QED) is 0.400. The topological polar surface area (TPSA) is 41.9 Å². The molecule has 1 aromatic carbocycles. The van der Waals surface area contributed by atoms with E-state index in [1.165, 1.54) is 33.4 Å². The van der Waals surface area contributed by atoms with Crippen molar-refractivity contribution in [2.75, 3.05) is 0 Å². The van der Waals surface area contributed by atoms with Gasteiger partial charge in [-0.2, -0.15) is 0 Å². The van der Waals surface area contributed by atoms with Gasteiger partial charge in [-0.25, -0.2) is 0 Å². The van der Waals surface area contributed by atoms with Crippen LogP contribution in [0.5, 0.6) is 0 Å². The monoisotopic (exact) mass is 418 g/mol. The van der Waals surface area contributed by atoms with Gasteiger partial charge < -0.3 is 4.90 Å². The average molecular weight is 419 g/mol. The van der Waals surface area contributed by atoms with Crippen LogP contribution >= 0.6 is 0 Å². The number of nitrogens with zero attached hydrogens (tertiary/aromatic N) is 4. The van der Waals surface area contributed by atoms with E-state index in [9.17, 15) is 0 Å². The third-order valence-corrected chi connectivity index (χ3v) is 5.88. The Hall–Kier alpha value is -3.79. The van der Waals surface area contributed by atoms with Gasteiger partial charge in [0.05, 0.1) is 5.69 Å². The molecule has 0 bridgehead atoms. The molecule has 4 aromatic rings. The van der Waals surface area contributed by atoms with E-state index in [0.717, 1.165) is 35.6 Å². The van der Waals surface area contributed by atoms with Crippen LogP contribution in [0, 0.1) is 20.8 Å². The van der Waals surface area contributed by atoms with Gasteiger partial charge in [-0.15, -0.1) is 0 Å². The summed E-state index contributed by atoms with van der Waals surface area (Å²) in [7, 11) is 0. The average Bonchev–Trinajstić information content (AvgIpc) is 2.79. The molecular formula is C28H26N4. The minimum Gasteiger partial charge on any atom is -0.369 e. The number of aryl methyl sites for hydroxylation is 3. The first kappa shape index (κ1) is 20.1. The SMILES string of the molecule is Cc1cncc(-c2ccc3c(c2)C=CN(Cc2cnc(-c4ccnc(C)c4)c(C)c2)C3)c1. The summed E-state index contributed by atoms with van der Waals surface area (Å²) in [6.45, 7) is 7.94. The van der Waals surface area contributed by atoms with E-state index in [4.69, 9.17) is 4.98 Å². The second-order valence-electron chi connectivity index (χ2n) is 8.58. The van der Waals surface area contributed by atoms with Crippen LogP contribution in [0.25, 0.3) is 28.5 Å². The lowest BCUT2D eigenvalue weighted by atomic mass is 9.97. The zero-order valence-electron chi connectivity index (χ0n) is 18.7. The predicted octanol–water partition coefficient (Wildman–Crippen LogP) is 6.12. The second kappa shape index (κ2) is 8.39. The van der Waals surface area contributed by atoms with Crippen LogP contribution in [0.15, 0.2) is 73.5 Å². The highest BCUT2D eigenvalue weighted by atomic mass is 15.1. The minimum absolute atomic E-state index is 0.836. The minimum atomic E-state index is 0.836. The molecule has 0 fully saturated rings. The molecule has 32 heavy (non-hydrogen) atoms. The van der Waals surface area contributed by atoms with Crippen LogP contribution in [-0.4, -0.2) is 19.9 Å². The van der Waals surface area contributed by atoms with E-state index in [0.29, 0.717) is 0 Å². The molecule has 4 nitrogen and oxygen atoms in total. The molecule has 1 aliphatic heterocycles. The van der Waals surface area contributed by atoms with E-state index < -0.39 is 0 Å². The Balaban J connectivity index is 1.33. The maximum atomic E-state index is 4.77. The first-order valence-corrected chi connectivity index (χ1v) is 10.9. The van der Waals surface area contributed by atoms with Crippen molar-refractivity contribution in [3.8, 4) is 22.4 Å². The van der Waals surface area contributed by atoms with Crippen LogP contribution in [-0.2, 0) is 13.1 Å². The Morgan fingerprint density at radius 3 is 2.56 bits per heavy atom. The van der Waals surface area contributed by atoms with Gasteiger partial charge in [0.25, 0.3) is 0 Å². The number of rotatable bonds is 4. The largest absolute Gasteiger partial charge is 0.369 e. The number of fused-ring (bicyclic) bond motifs is 1. The van der Waals surface area contributed by atoms with Crippen molar-refractivity contribution < 1.29 is 0 Å². The predicted molar refractivity (Wildman–Crippen MR) is 130 cm³/mol. The molecule has 0 spiro atoms. The van der Waals surface area contributed by atoms with Crippen molar-refractivity contribution in [3.63, 3.8) is 0 Å². The molecule has 3 aromatic heterocycles. The molecule has 0 saturated carbocycles. The van der Waals surface area contributed by atoms with Crippen LogP contribution < -0.4 is 0 Å². The summed E-state index contributed by atoms with van der Waals surface area (Å²) >= 11 is 0. The highest BCUT2D eigenvalue weighted by Gasteiger charge is 2.13. The lowest BCUT2D eigenvalue weighted by Crippen LogP contribution is -2.19. The van der Waals surface area contributed by atoms with Gasteiger partial charge in [0.15, 0.2) is 0 Å². The summed E-state index contributed by atoms with van der Waals surface area (Å²) in [6, 6.07) is 15.2. The molecule has 4 heterocycles. The number of hydrogen-bond acceptors (Lipinski definition) is 4. The summed E-state index contributed by atoms with van der Waals surface area (Å²) in [4.78, 5) is 15.7. The van der Waals surface area contributed by atoms with Crippen LogP contribution in [0.4, 0.5) is 0 Å². The molecule has 0 atom stereocenters. The fraction of sp³-hybridized carbons (Fsp3) is 0.179. The zero-order valence-corrected chi connectivity index (χ0v) is 18.7. The maximum absolute atomic E-state index is 4.77. The first-order chi connectivity index (χ1) is 15.5. The maximum Gasteiger partial charge on any atom is 0.0732 e. The van der Waals surface area contributed by atoms with E-state index in [2.05, 4.69) is 77.4 Å². The standard InChI is InChI=1S/C28H26N4/c1-19-10-27(16-29-14-19)23-4-5-26-18-32(9-7-24(26)13-23)17-22-11-20(2)28(31-15-22)25-6-8-30-21(3)12-25/h4-16H,17-18H2,1-3H3. The lowest BCUT2D eigenvalue weighted by Gasteiger charge is -2.26. The van der Waals surface area contributed by atoms with Crippen molar-refractivity contribution in [1.82, 2.24) is 19.9 Å². The highest BCUT2D eigenvalue weighted by Crippen LogP contribution is 2.28. The lowest BCUT2D eigenvalue weighted by molar-refractivity contribution is 0.359. The van der Waals surface area contributed by atoms with Crippen molar-refractivity contribution in [1.29, 1.82) is 0 Å². The van der Waals surface area contributed by atoms with Gasteiger partial charge in [-0.05, 0) is 84.5 Å². The van der Waals surface area contributed by atoms with Crippen molar-refractivity contribution >= 4 is 6.08 Å². The molecule has 0 unspecified atom stereocenters. The molecule has 4 heteroatoms.